The van der Waals surface area contributed by atoms with Crippen molar-refractivity contribution in [3.8, 4) is 11.5 Å². The maximum atomic E-state index is 14.9. The fourth-order valence-electron chi connectivity index (χ4n) is 4.05. The summed E-state index contributed by atoms with van der Waals surface area (Å²) in [5.74, 6) is -0.620. The van der Waals surface area contributed by atoms with Gasteiger partial charge in [-0.15, -0.1) is 0 Å². The van der Waals surface area contributed by atoms with E-state index < -0.39 is 11.7 Å². The molecule has 0 saturated carbocycles. The van der Waals surface area contributed by atoms with Crippen molar-refractivity contribution in [1.82, 2.24) is 9.80 Å². The number of carbonyl (C=O) groups is 2. The van der Waals surface area contributed by atoms with Crippen LogP contribution in [-0.2, 0) is 6.42 Å². The van der Waals surface area contributed by atoms with Gasteiger partial charge in [0, 0.05) is 42.9 Å². The largest absolute Gasteiger partial charge is 0.493 e. The molecule has 10 heteroatoms. The third-order valence-electron chi connectivity index (χ3n) is 6.31. The second-order valence-corrected chi connectivity index (χ2v) is 10.4. The second-order valence-electron chi connectivity index (χ2n) is 10.4. The number of hydrogen-bond acceptors (Lipinski definition) is 8. The molecule has 220 valence electrons. The van der Waals surface area contributed by atoms with Gasteiger partial charge < -0.3 is 36.1 Å². The smallest absolute Gasteiger partial charge is 0.258 e. The van der Waals surface area contributed by atoms with Crippen molar-refractivity contribution in [3.63, 3.8) is 0 Å². The standard InChI is InChI=1S/C31H40FN5O4/c1-36(2)13-5-15-40-23-9-7-21(27(33)19-23)18-30(38)22-8-11-25(26(32)17-22)31(39)35-29-12-10-24(20-28(29)34)41-16-6-14-37(3)4/h7-12,17,19-20H,5-6,13-16,18,33-34H2,1-4H3,(H,35,39). The molecule has 0 atom stereocenters. The number of rotatable bonds is 15. The third-order valence-corrected chi connectivity index (χ3v) is 6.31. The number of ketones is 1. The van der Waals surface area contributed by atoms with E-state index >= 15 is 0 Å². The molecule has 0 unspecified atom stereocenters. The predicted molar refractivity (Wildman–Crippen MR) is 161 cm³/mol. The van der Waals surface area contributed by atoms with Gasteiger partial charge in [0.1, 0.15) is 17.3 Å². The number of nitrogens with zero attached hydrogens (tertiary/aromatic N) is 2. The Balaban J connectivity index is 1.58. The van der Waals surface area contributed by atoms with Crippen molar-refractivity contribution >= 4 is 28.8 Å². The van der Waals surface area contributed by atoms with Crippen LogP contribution in [0.1, 0.15) is 39.1 Å². The van der Waals surface area contributed by atoms with Crippen LogP contribution in [0, 0.1) is 5.82 Å². The van der Waals surface area contributed by atoms with Crippen LogP contribution in [0.2, 0.25) is 0 Å². The highest BCUT2D eigenvalue weighted by atomic mass is 19.1. The number of ether oxygens (including phenoxy) is 2. The van der Waals surface area contributed by atoms with Gasteiger partial charge in [-0.25, -0.2) is 4.39 Å². The normalized spacial score (nSPS) is 11.1. The van der Waals surface area contributed by atoms with Crippen molar-refractivity contribution in [2.75, 3.05) is 71.3 Å². The zero-order valence-electron chi connectivity index (χ0n) is 24.2. The minimum Gasteiger partial charge on any atom is -0.493 e. The summed E-state index contributed by atoms with van der Waals surface area (Å²) >= 11 is 0. The van der Waals surface area contributed by atoms with Crippen LogP contribution in [0.5, 0.6) is 11.5 Å². The molecule has 3 aromatic rings. The lowest BCUT2D eigenvalue weighted by atomic mass is 10.00. The van der Waals surface area contributed by atoms with Crippen LogP contribution in [-0.4, -0.2) is 76.0 Å². The molecule has 41 heavy (non-hydrogen) atoms. The summed E-state index contributed by atoms with van der Waals surface area (Å²) in [6.45, 7) is 2.89. The molecule has 5 N–H and O–H groups in total. The number of amides is 1. The molecular weight excluding hydrogens is 525 g/mol. The molecule has 1 amide bonds. The minimum absolute atomic E-state index is 0.0160. The molecule has 0 fully saturated rings. The number of halogens is 1. The first-order chi connectivity index (χ1) is 19.5. The Hall–Kier alpha value is -4.15. The molecule has 9 nitrogen and oxygen atoms in total. The van der Waals surface area contributed by atoms with Gasteiger partial charge in [-0.1, -0.05) is 12.1 Å². The van der Waals surface area contributed by atoms with E-state index in [1.807, 2.05) is 28.2 Å². The zero-order valence-corrected chi connectivity index (χ0v) is 24.2. The predicted octanol–water partition coefficient (Wildman–Crippen LogP) is 4.33. The molecule has 0 bridgehead atoms. The lowest BCUT2D eigenvalue weighted by molar-refractivity contribution is 0.0987. The number of Topliss-reactive ketones (excluding diaryl/α,β-unsaturated/α-hetero) is 1. The Labute approximate surface area is 241 Å². The van der Waals surface area contributed by atoms with Gasteiger partial charge in [-0.3, -0.25) is 9.59 Å². The highest BCUT2D eigenvalue weighted by Crippen LogP contribution is 2.26. The van der Waals surface area contributed by atoms with Gasteiger partial charge in [0.2, 0.25) is 0 Å². The maximum Gasteiger partial charge on any atom is 0.258 e. The van der Waals surface area contributed by atoms with E-state index in [4.69, 9.17) is 20.9 Å². The Bertz CT molecular complexity index is 1350. The fraction of sp³-hybridized carbons (Fsp3) is 0.355. The number of hydrogen-bond donors (Lipinski definition) is 3. The van der Waals surface area contributed by atoms with E-state index in [0.29, 0.717) is 47.3 Å². The molecule has 0 aliphatic carbocycles. The van der Waals surface area contributed by atoms with Gasteiger partial charge in [-0.05, 0) is 76.9 Å². The van der Waals surface area contributed by atoms with Crippen LogP contribution >= 0.6 is 0 Å². The first-order valence-electron chi connectivity index (χ1n) is 13.5. The molecule has 3 aromatic carbocycles. The Kier molecular flexibility index (Phi) is 11.5. The van der Waals surface area contributed by atoms with E-state index in [-0.39, 0.29) is 23.3 Å². The quantitative estimate of drug-likeness (QED) is 0.141. The SMILES string of the molecule is CN(C)CCCOc1ccc(CC(=O)c2ccc(C(=O)Nc3ccc(OCCCN(C)C)cc3N)c(F)c2)c(N)c1. The van der Waals surface area contributed by atoms with Crippen molar-refractivity contribution in [3.05, 3.63) is 77.1 Å². The molecule has 3 rings (SSSR count). The number of nitrogen functional groups attached to an aromatic ring is 2. The molecular formula is C31H40FN5O4. The summed E-state index contributed by atoms with van der Waals surface area (Å²) in [5.41, 5.74) is 13.8. The second kappa shape index (κ2) is 15.0. The summed E-state index contributed by atoms with van der Waals surface area (Å²) in [5, 5.41) is 2.62. The van der Waals surface area contributed by atoms with E-state index in [0.717, 1.165) is 32.0 Å². The van der Waals surface area contributed by atoms with Crippen molar-refractivity contribution < 1.29 is 23.5 Å². The van der Waals surface area contributed by atoms with Gasteiger partial charge >= 0.3 is 0 Å². The molecule has 0 aliphatic rings. The van der Waals surface area contributed by atoms with E-state index in [2.05, 4.69) is 15.1 Å². The van der Waals surface area contributed by atoms with Gasteiger partial charge in [-0.2, -0.15) is 0 Å². The molecule has 0 saturated heterocycles. The molecule has 0 aromatic heterocycles. The van der Waals surface area contributed by atoms with Crippen molar-refractivity contribution in [2.45, 2.75) is 19.3 Å². The minimum atomic E-state index is -0.817. The first-order valence-corrected chi connectivity index (χ1v) is 13.5. The Morgan fingerprint density at radius 3 is 1.93 bits per heavy atom. The monoisotopic (exact) mass is 565 g/mol. The number of anilines is 3. The summed E-state index contributed by atoms with van der Waals surface area (Å²) in [6.07, 6.45) is 1.71. The number of nitrogens with two attached hydrogens (primary N) is 2. The van der Waals surface area contributed by atoms with Crippen LogP contribution in [0.15, 0.2) is 54.6 Å². The van der Waals surface area contributed by atoms with Crippen LogP contribution in [0.3, 0.4) is 0 Å². The zero-order chi connectivity index (χ0) is 29.9. The average Bonchev–Trinajstić information content (AvgIpc) is 2.91. The maximum absolute atomic E-state index is 14.9. The van der Waals surface area contributed by atoms with E-state index in [1.54, 1.807) is 36.4 Å². The summed E-state index contributed by atoms with van der Waals surface area (Å²) < 4.78 is 26.3. The van der Waals surface area contributed by atoms with Crippen LogP contribution in [0.25, 0.3) is 0 Å². The first kappa shape index (κ1) is 31.4. The van der Waals surface area contributed by atoms with Crippen molar-refractivity contribution in [2.24, 2.45) is 0 Å². The van der Waals surface area contributed by atoms with Crippen LogP contribution < -0.4 is 26.3 Å². The van der Waals surface area contributed by atoms with Crippen molar-refractivity contribution in [1.29, 1.82) is 0 Å². The summed E-state index contributed by atoms with van der Waals surface area (Å²) in [4.78, 5) is 29.8. The highest BCUT2D eigenvalue weighted by Gasteiger charge is 2.17. The third kappa shape index (κ3) is 9.77. The Morgan fingerprint density at radius 2 is 1.39 bits per heavy atom. The lowest BCUT2D eigenvalue weighted by Crippen LogP contribution is -2.16. The van der Waals surface area contributed by atoms with E-state index in [9.17, 15) is 14.0 Å². The van der Waals surface area contributed by atoms with Crippen LogP contribution in [0.4, 0.5) is 21.5 Å². The fourth-order valence-corrected chi connectivity index (χ4v) is 4.05. The summed E-state index contributed by atoms with van der Waals surface area (Å²) in [6, 6.07) is 13.8. The highest BCUT2D eigenvalue weighted by molar-refractivity contribution is 6.07. The van der Waals surface area contributed by atoms with Gasteiger partial charge in [0.05, 0.1) is 30.2 Å². The molecule has 0 heterocycles. The molecule has 0 aliphatic heterocycles. The molecule has 0 radical (unpaired) electrons. The van der Waals surface area contributed by atoms with Gasteiger partial charge in [0.25, 0.3) is 5.91 Å². The number of nitrogens with one attached hydrogen (secondary N) is 1. The summed E-state index contributed by atoms with van der Waals surface area (Å²) in [7, 11) is 7.98. The lowest BCUT2D eigenvalue weighted by Gasteiger charge is -2.13. The molecule has 0 spiro atoms. The van der Waals surface area contributed by atoms with E-state index in [1.165, 1.54) is 12.1 Å². The number of carbonyl (C=O) groups excluding carboxylic acids is 2. The topological polar surface area (TPSA) is 123 Å². The Morgan fingerprint density at radius 1 is 0.805 bits per heavy atom. The number of benzene rings is 3. The van der Waals surface area contributed by atoms with Gasteiger partial charge in [0.15, 0.2) is 5.78 Å². The average molecular weight is 566 g/mol.